The van der Waals surface area contributed by atoms with Crippen molar-refractivity contribution in [1.29, 1.82) is 0 Å². The standard InChI is InChI=1S/2C21H26O5.C17H33BO3.C12H22O3.C5H12/c2*1-11(2)13(5)17(22)10-16(12(3)4)21(25)26-20-18(23)14-8-6-7-9-15(14)19(20)24;1-11(2)13(5)15(19)10-14(12(3)4)18-20-16(6,7)17(8,9)21-18;1-7(2)9(5)11(13)6-10(8(3)4)12(14)15;1-3-5-4-2/h2*6-9,11-13,16,20H,10H2,1-5H3;11-14H,10H2,1-9H3;7-10H,6H2,1-5H3,(H,14,15);3-5H2,1-2H3/t13-,16+;13-,16-;13-,14?;9-,10-;/m0000./s1. The van der Waals surface area contributed by atoms with E-state index in [-0.39, 0.29) is 142 Å². The van der Waals surface area contributed by atoms with Gasteiger partial charge in [-0.3, -0.25) is 52.7 Å². The number of hydrogen-bond acceptors (Lipinski definition) is 15. The highest BCUT2D eigenvalue weighted by Gasteiger charge is 2.55. The number of unbranched alkanes of at least 4 members (excludes halogenated alkanes) is 2. The highest BCUT2D eigenvalue weighted by Crippen LogP contribution is 2.43. The van der Waals surface area contributed by atoms with Crippen LogP contribution in [0.1, 0.15) is 266 Å². The number of aliphatic carboxylic acids is 1. The summed E-state index contributed by atoms with van der Waals surface area (Å²) < 4.78 is 22.9. The topological polar surface area (TPSA) is 245 Å². The Morgan fingerprint density at radius 1 is 0.409 bits per heavy atom. The fourth-order valence-electron chi connectivity index (χ4n) is 10.2. The Bertz CT molecular complexity index is 2620. The largest absolute Gasteiger partial charge is 0.481 e. The van der Waals surface area contributed by atoms with Gasteiger partial charge < -0.3 is 23.9 Å². The number of rotatable bonds is 28. The first-order valence-corrected chi connectivity index (χ1v) is 34.3. The summed E-state index contributed by atoms with van der Waals surface area (Å²) in [6.45, 7) is 51.5. The summed E-state index contributed by atoms with van der Waals surface area (Å²) >= 11 is 0. The third kappa shape index (κ3) is 24.7. The van der Waals surface area contributed by atoms with Gasteiger partial charge in [0.25, 0.3) is 0 Å². The van der Waals surface area contributed by atoms with E-state index in [1.54, 1.807) is 48.5 Å². The third-order valence-corrected chi connectivity index (χ3v) is 19.6. The van der Waals surface area contributed by atoms with Crippen LogP contribution in [0.5, 0.6) is 0 Å². The SMILES string of the molecule is CC(C)C(CC(=O)[C@@H](C)C(C)C)B1OC(C)(C)C(C)(C)O1.CC(C)[C@H](C)C(=O)C[C@@H](C(=O)OC1C(=O)c2ccccc2C1=O)C(C)C.CC(C)[C@H](C)C(=O)C[C@H](C(=O)O)C(C)C.CC(C)[C@H](C)C(=O)C[C@H](C(=O)OC1C(=O)c2ccccc2C1=O)C(C)C.CCCCC. The minimum atomic E-state index is -1.43. The van der Waals surface area contributed by atoms with Gasteiger partial charge in [0.15, 0.2) is 0 Å². The molecule has 1 saturated heterocycles. The Kier molecular flexibility index (Phi) is 35.4. The maximum Gasteiger partial charge on any atom is 0.461 e. The molecule has 2 aliphatic carbocycles. The van der Waals surface area contributed by atoms with Crippen LogP contribution >= 0.6 is 0 Å². The number of Topliss-reactive ketones (excluding diaryl/α,β-unsaturated/α-hetero) is 8. The normalized spacial score (nSPS) is 17.6. The van der Waals surface area contributed by atoms with Gasteiger partial charge in [-0.15, -0.1) is 0 Å². The summed E-state index contributed by atoms with van der Waals surface area (Å²) in [6, 6.07) is 12.9. The molecule has 1 unspecified atom stereocenters. The average molecular weight is 1300 g/mol. The number of ketones is 8. The lowest BCUT2D eigenvalue weighted by Gasteiger charge is -2.32. The zero-order valence-electron chi connectivity index (χ0n) is 61.6. The average Bonchev–Trinajstić information content (AvgIpc) is 1.65. The van der Waals surface area contributed by atoms with Gasteiger partial charge in [-0.2, -0.15) is 0 Å². The Hall–Kier alpha value is -5.81. The lowest BCUT2D eigenvalue weighted by molar-refractivity contribution is -0.154. The Morgan fingerprint density at radius 3 is 0.860 bits per heavy atom. The van der Waals surface area contributed by atoms with Crippen LogP contribution in [0.25, 0.3) is 0 Å². The minimum absolute atomic E-state index is 0.00538. The molecule has 1 N–H and O–H groups in total. The van der Waals surface area contributed by atoms with Gasteiger partial charge in [0.2, 0.25) is 35.3 Å². The van der Waals surface area contributed by atoms with E-state index in [0.717, 1.165) is 0 Å². The summed E-state index contributed by atoms with van der Waals surface area (Å²) in [7, 11) is -0.293. The van der Waals surface area contributed by atoms with Gasteiger partial charge in [-0.05, 0) is 75.0 Å². The highest BCUT2D eigenvalue weighted by molar-refractivity contribution is 6.48. The van der Waals surface area contributed by atoms with Crippen LogP contribution in [0, 0.1) is 88.8 Å². The van der Waals surface area contributed by atoms with E-state index in [9.17, 15) is 52.7 Å². The number of carbonyl (C=O) groups excluding carboxylic acids is 10. The van der Waals surface area contributed by atoms with Gasteiger partial charge in [0.05, 0.1) is 29.0 Å². The van der Waals surface area contributed by atoms with Crippen molar-refractivity contribution in [3.63, 3.8) is 0 Å². The van der Waals surface area contributed by atoms with Gasteiger partial charge >= 0.3 is 25.0 Å². The number of benzene rings is 2. The number of ether oxygens (including phenoxy) is 2. The van der Waals surface area contributed by atoms with Gasteiger partial charge in [0, 0.05) is 77.4 Å². The second kappa shape index (κ2) is 38.7. The number of carboxylic acid groups (broad SMARTS) is 1. The number of carbonyl (C=O) groups is 11. The first-order valence-electron chi connectivity index (χ1n) is 34.3. The molecule has 0 aromatic heterocycles. The molecule has 2 aromatic rings. The molecule has 17 heteroatoms. The molecular formula is C76H119BO16. The predicted molar refractivity (Wildman–Crippen MR) is 367 cm³/mol. The quantitative estimate of drug-likeness (QED) is 0.0473. The van der Waals surface area contributed by atoms with E-state index in [2.05, 4.69) is 69.2 Å². The molecule has 3 aliphatic rings. The van der Waals surface area contributed by atoms with Crippen molar-refractivity contribution >= 4 is 71.3 Å². The summed E-state index contributed by atoms with van der Waals surface area (Å²) in [6.07, 6.45) is 2.01. The lowest BCUT2D eigenvalue weighted by Crippen LogP contribution is -2.41. The molecular weight excluding hydrogens is 1180 g/mol. The Balaban J connectivity index is 0.000000615. The summed E-state index contributed by atoms with van der Waals surface area (Å²) in [5, 5.41) is 8.96. The van der Waals surface area contributed by atoms with E-state index in [1.165, 1.54) is 19.3 Å². The monoisotopic (exact) mass is 1300 g/mol. The molecule has 0 bridgehead atoms. The molecule has 5 rings (SSSR count). The van der Waals surface area contributed by atoms with Crippen LogP contribution in [0.15, 0.2) is 48.5 Å². The summed E-state index contributed by atoms with van der Waals surface area (Å²) in [4.78, 5) is 135. The molecule has 0 radical (unpaired) electrons. The molecule has 0 saturated carbocycles. The predicted octanol–water partition coefficient (Wildman–Crippen LogP) is 16.1. The van der Waals surface area contributed by atoms with Crippen molar-refractivity contribution in [1.82, 2.24) is 0 Å². The summed E-state index contributed by atoms with van der Waals surface area (Å²) in [5.41, 5.74) is 0.443. The van der Waals surface area contributed by atoms with Crippen LogP contribution in [0.4, 0.5) is 0 Å². The maximum atomic E-state index is 12.6. The van der Waals surface area contributed by atoms with Crippen molar-refractivity contribution in [3.05, 3.63) is 70.8 Å². The second-order valence-corrected chi connectivity index (χ2v) is 29.8. The van der Waals surface area contributed by atoms with E-state index >= 15 is 0 Å². The van der Waals surface area contributed by atoms with Crippen LogP contribution in [-0.2, 0) is 52.3 Å². The third-order valence-electron chi connectivity index (χ3n) is 19.6. The van der Waals surface area contributed by atoms with Crippen LogP contribution < -0.4 is 0 Å². The molecule has 1 fully saturated rings. The van der Waals surface area contributed by atoms with Crippen LogP contribution in [0.2, 0.25) is 5.82 Å². The fourth-order valence-corrected chi connectivity index (χ4v) is 10.2. The molecule has 8 atom stereocenters. The molecule has 93 heavy (non-hydrogen) atoms. The van der Waals surface area contributed by atoms with Crippen molar-refractivity contribution < 1.29 is 76.6 Å². The second-order valence-electron chi connectivity index (χ2n) is 29.8. The first kappa shape index (κ1) is 85.2. The van der Waals surface area contributed by atoms with Crippen LogP contribution in [-0.4, -0.2) is 99.8 Å². The minimum Gasteiger partial charge on any atom is -0.481 e. The van der Waals surface area contributed by atoms with Gasteiger partial charge in [0.1, 0.15) is 23.1 Å². The van der Waals surface area contributed by atoms with E-state index < -0.39 is 71.0 Å². The Labute approximate surface area is 559 Å². The molecule has 1 aliphatic heterocycles. The molecule has 1 heterocycles. The maximum absolute atomic E-state index is 12.6. The van der Waals surface area contributed by atoms with E-state index in [4.69, 9.17) is 23.9 Å². The molecule has 522 valence electrons. The molecule has 0 spiro atoms. The number of fused-ring (bicyclic) bond motifs is 2. The molecule has 16 nitrogen and oxygen atoms in total. The zero-order chi connectivity index (χ0) is 72.1. The summed E-state index contributed by atoms with van der Waals surface area (Å²) in [5.74, 6) is -4.80. The molecule has 0 amide bonds. The van der Waals surface area contributed by atoms with Crippen molar-refractivity contribution in [2.75, 3.05) is 0 Å². The van der Waals surface area contributed by atoms with Crippen molar-refractivity contribution in [2.45, 2.75) is 254 Å². The first-order chi connectivity index (χ1) is 42.9. The van der Waals surface area contributed by atoms with Gasteiger partial charge in [-0.1, -0.05) is 220 Å². The van der Waals surface area contributed by atoms with Crippen molar-refractivity contribution in [2.24, 2.45) is 88.8 Å². The van der Waals surface area contributed by atoms with E-state index in [0.29, 0.717) is 24.0 Å². The smallest absolute Gasteiger partial charge is 0.461 e. The van der Waals surface area contributed by atoms with E-state index in [1.807, 2.05) is 111 Å². The molecule has 2 aromatic carbocycles. The number of hydrogen-bond donors (Lipinski definition) is 1. The number of esters is 2. The highest BCUT2D eigenvalue weighted by atomic mass is 16.7. The van der Waals surface area contributed by atoms with Gasteiger partial charge in [-0.25, -0.2) is 0 Å². The van der Waals surface area contributed by atoms with Crippen LogP contribution in [0.3, 0.4) is 0 Å². The zero-order valence-corrected chi connectivity index (χ0v) is 61.6. The van der Waals surface area contributed by atoms with Crippen molar-refractivity contribution in [3.8, 4) is 0 Å². The fraction of sp³-hybridized carbons (Fsp3) is 0.697. The Morgan fingerprint density at radius 2 is 0.656 bits per heavy atom. The lowest BCUT2D eigenvalue weighted by atomic mass is 9.62. The number of carboxylic acids is 1.